The van der Waals surface area contributed by atoms with Crippen molar-refractivity contribution >= 4 is 45.2 Å². The van der Waals surface area contributed by atoms with E-state index in [4.69, 9.17) is 0 Å². The third-order valence-electron chi connectivity index (χ3n) is 3.59. The second-order valence-electron chi connectivity index (χ2n) is 5.19. The zero-order valence-corrected chi connectivity index (χ0v) is 14.5. The van der Waals surface area contributed by atoms with Gasteiger partial charge in [-0.25, -0.2) is 0 Å². The van der Waals surface area contributed by atoms with E-state index in [-0.39, 0.29) is 12.4 Å². The Labute approximate surface area is 148 Å². The summed E-state index contributed by atoms with van der Waals surface area (Å²) in [5.74, 6) is 0. The molecule has 0 fully saturated rings. The van der Waals surface area contributed by atoms with Crippen LogP contribution in [0.15, 0.2) is 48.1 Å². The highest BCUT2D eigenvalue weighted by atomic mass is 35.5. The molecule has 3 aromatic rings. The van der Waals surface area contributed by atoms with E-state index in [2.05, 4.69) is 4.98 Å². The molecule has 0 saturated heterocycles. The van der Waals surface area contributed by atoms with Crippen LogP contribution in [0.1, 0.15) is 18.9 Å². The van der Waals surface area contributed by atoms with E-state index in [1.807, 2.05) is 29.3 Å². The summed E-state index contributed by atoms with van der Waals surface area (Å²) in [6.45, 7) is 2.77. The minimum absolute atomic E-state index is 0. The predicted octanol–water partition coefficient (Wildman–Crippen LogP) is 6.29. The van der Waals surface area contributed by atoms with Gasteiger partial charge in [0, 0.05) is 40.1 Å². The van der Waals surface area contributed by atoms with E-state index in [0.717, 1.165) is 35.1 Å². The molecule has 0 radical (unpaired) electrons. The third-order valence-corrected chi connectivity index (χ3v) is 4.54. The van der Waals surface area contributed by atoms with Crippen molar-refractivity contribution in [1.29, 1.82) is 0 Å². The highest BCUT2D eigenvalue weighted by Crippen LogP contribution is 2.40. The van der Waals surface area contributed by atoms with Gasteiger partial charge in [-0.1, -0.05) is 6.92 Å². The average molecular weight is 373 g/mol. The van der Waals surface area contributed by atoms with Crippen LogP contribution in [-0.2, 0) is 6.18 Å². The molecule has 0 saturated carbocycles. The molecule has 7 heteroatoms. The summed E-state index contributed by atoms with van der Waals surface area (Å²) in [6.07, 6.45) is -0.0698. The first-order chi connectivity index (χ1) is 11.0. The van der Waals surface area contributed by atoms with Gasteiger partial charge in [-0.2, -0.15) is 13.2 Å². The molecular formula is C17H16ClF3N2S. The van der Waals surface area contributed by atoms with Crippen LogP contribution >= 0.6 is 23.7 Å². The number of thiophene rings is 1. The van der Waals surface area contributed by atoms with Crippen molar-refractivity contribution in [3.05, 3.63) is 53.7 Å². The van der Waals surface area contributed by atoms with E-state index in [1.165, 1.54) is 17.4 Å². The number of benzene rings is 1. The molecule has 1 aromatic carbocycles. The lowest BCUT2D eigenvalue weighted by Crippen LogP contribution is -2.17. The van der Waals surface area contributed by atoms with Crippen molar-refractivity contribution in [1.82, 2.24) is 4.98 Å². The molecule has 0 aliphatic rings. The Bertz CT molecular complexity index is 802. The Kier molecular flexibility index (Phi) is 5.72. The summed E-state index contributed by atoms with van der Waals surface area (Å²) < 4.78 is 39.9. The van der Waals surface area contributed by atoms with Gasteiger partial charge in [0.25, 0.3) is 0 Å². The summed E-state index contributed by atoms with van der Waals surface area (Å²) in [4.78, 5) is 6.05. The third kappa shape index (κ3) is 3.65. The molecular weight excluding hydrogens is 357 g/mol. The molecule has 0 bridgehead atoms. The van der Waals surface area contributed by atoms with Crippen molar-refractivity contribution in [2.24, 2.45) is 0 Å². The van der Waals surface area contributed by atoms with Crippen LogP contribution in [0, 0.1) is 0 Å². The number of alkyl halides is 3. The van der Waals surface area contributed by atoms with E-state index in [0.29, 0.717) is 5.39 Å². The van der Waals surface area contributed by atoms with E-state index in [9.17, 15) is 13.2 Å². The Morgan fingerprint density at radius 3 is 2.46 bits per heavy atom. The van der Waals surface area contributed by atoms with Crippen LogP contribution in [0.2, 0.25) is 0 Å². The van der Waals surface area contributed by atoms with Gasteiger partial charge >= 0.3 is 6.18 Å². The van der Waals surface area contributed by atoms with Crippen LogP contribution < -0.4 is 4.90 Å². The minimum Gasteiger partial charge on any atom is -0.340 e. The first-order valence-electron chi connectivity index (χ1n) is 7.26. The number of pyridine rings is 1. The maximum absolute atomic E-state index is 13.0. The van der Waals surface area contributed by atoms with Gasteiger partial charge in [0.2, 0.25) is 0 Å². The Morgan fingerprint density at radius 1 is 1.12 bits per heavy atom. The Morgan fingerprint density at radius 2 is 1.83 bits per heavy atom. The number of nitrogens with zero attached hydrogens (tertiary/aromatic N) is 2. The van der Waals surface area contributed by atoms with E-state index >= 15 is 0 Å². The summed E-state index contributed by atoms with van der Waals surface area (Å²) in [6, 6.07) is 7.66. The molecule has 0 amide bonds. The lowest BCUT2D eigenvalue weighted by molar-refractivity contribution is -0.137. The summed E-state index contributed by atoms with van der Waals surface area (Å²) >= 11 is 1.46. The van der Waals surface area contributed by atoms with Crippen LogP contribution in [0.4, 0.5) is 24.5 Å². The van der Waals surface area contributed by atoms with Crippen LogP contribution in [0.5, 0.6) is 0 Å². The van der Waals surface area contributed by atoms with Crippen molar-refractivity contribution in [2.45, 2.75) is 19.5 Å². The molecule has 2 nitrogen and oxygen atoms in total. The fraction of sp³-hybridized carbons (Fsp3) is 0.235. The van der Waals surface area contributed by atoms with Crippen LogP contribution in [0.3, 0.4) is 0 Å². The van der Waals surface area contributed by atoms with Gasteiger partial charge in [-0.05, 0) is 36.8 Å². The second kappa shape index (κ2) is 7.40. The van der Waals surface area contributed by atoms with E-state index < -0.39 is 11.7 Å². The van der Waals surface area contributed by atoms with Crippen molar-refractivity contribution in [3.63, 3.8) is 0 Å². The number of fused-ring (bicyclic) bond motifs is 1. The standard InChI is InChI=1S/C17H15F3N2S.ClH/c1-2-9-22(13-5-7-21-8-6-13)15-11-23-16-4-3-12(10-14(15)16)17(18,19)20;/h3-8,10-11H,2,9H2,1H3;1H. The quantitative estimate of drug-likeness (QED) is 0.535. The molecule has 0 atom stereocenters. The molecule has 0 aliphatic carbocycles. The monoisotopic (exact) mass is 372 g/mol. The number of anilines is 2. The molecule has 24 heavy (non-hydrogen) atoms. The smallest absolute Gasteiger partial charge is 0.340 e. The summed E-state index contributed by atoms with van der Waals surface area (Å²) in [5, 5.41) is 2.55. The largest absolute Gasteiger partial charge is 0.416 e. The van der Waals surface area contributed by atoms with Crippen LogP contribution in [0.25, 0.3) is 10.1 Å². The van der Waals surface area contributed by atoms with Gasteiger partial charge in [0.1, 0.15) is 0 Å². The molecule has 0 spiro atoms. The Hall–Kier alpha value is -1.79. The number of rotatable bonds is 4. The molecule has 2 aromatic heterocycles. The molecule has 2 heterocycles. The molecule has 0 unspecified atom stereocenters. The van der Waals surface area contributed by atoms with Crippen LogP contribution in [-0.4, -0.2) is 11.5 Å². The zero-order chi connectivity index (χ0) is 16.4. The maximum Gasteiger partial charge on any atom is 0.416 e. The highest BCUT2D eigenvalue weighted by Gasteiger charge is 2.31. The number of halogens is 4. The minimum atomic E-state index is -4.33. The van der Waals surface area contributed by atoms with Crippen molar-refractivity contribution in [3.8, 4) is 0 Å². The number of aromatic nitrogens is 1. The van der Waals surface area contributed by atoms with Gasteiger partial charge in [0.05, 0.1) is 11.3 Å². The normalized spacial score (nSPS) is 11.3. The predicted molar refractivity (Wildman–Crippen MR) is 95.6 cm³/mol. The molecule has 0 N–H and O–H groups in total. The average Bonchev–Trinajstić information content (AvgIpc) is 2.95. The SMILES string of the molecule is CCCN(c1ccncc1)c1csc2ccc(C(F)(F)F)cc12.Cl. The lowest BCUT2D eigenvalue weighted by Gasteiger charge is -2.24. The van der Waals surface area contributed by atoms with E-state index in [1.54, 1.807) is 18.5 Å². The van der Waals surface area contributed by atoms with Gasteiger partial charge in [-0.15, -0.1) is 23.7 Å². The second-order valence-corrected chi connectivity index (χ2v) is 6.10. The first kappa shape index (κ1) is 18.5. The highest BCUT2D eigenvalue weighted by molar-refractivity contribution is 7.17. The number of hydrogen-bond acceptors (Lipinski definition) is 3. The fourth-order valence-electron chi connectivity index (χ4n) is 2.54. The molecule has 128 valence electrons. The lowest BCUT2D eigenvalue weighted by atomic mass is 10.1. The van der Waals surface area contributed by atoms with Crippen molar-refractivity contribution in [2.75, 3.05) is 11.4 Å². The maximum atomic E-state index is 13.0. The molecule has 0 aliphatic heterocycles. The molecule has 3 rings (SSSR count). The summed E-state index contributed by atoms with van der Waals surface area (Å²) in [7, 11) is 0. The summed E-state index contributed by atoms with van der Waals surface area (Å²) in [5.41, 5.74) is 1.12. The zero-order valence-electron chi connectivity index (χ0n) is 12.9. The fourth-order valence-corrected chi connectivity index (χ4v) is 3.47. The van der Waals surface area contributed by atoms with Gasteiger partial charge in [-0.3, -0.25) is 4.98 Å². The topological polar surface area (TPSA) is 16.1 Å². The Balaban J connectivity index is 0.00000208. The van der Waals surface area contributed by atoms with Crippen molar-refractivity contribution < 1.29 is 13.2 Å². The van der Waals surface area contributed by atoms with Gasteiger partial charge < -0.3 is 4.90 Å². The first-order valence-corrected chi connectivity index (χ1v) is 8.14. The van der Waals surface area contributed by atoms with Gasteiger partial charge in [0.15, 0.2) is 0 Å². The number of hydrogen-bond donors (Lipinski definition) is 0.